The van der Waals surface area contributed by atoms with Crippen molar-refractivity contribution in [3.8, 4) is 0 Å². The summed E-state index contributed by atoms with van der Waals surface area (Å²) >= 11 is 0. The summed E-state index contributed by atoms with van der Waals surface area (Å²) in [4.78, 5) is 11.7. The number of carbonyl (C=O) groups excluding carboxylic acids is 1. The van der Waals surface area contributed by atoms with Crippen LogP contribution in [0.25, 0.3) is 0 Å². The first-order valence-electron chi connectivity index (χ1n) is 6.12. The molecule has 3 nitrogen and oxygen atoms in total. The van der Waals surface area contributed by atoms with E-state index in [1.165, 1.54) is 0 Å². The Morgan fingerprint density at radius 2 is 1.87 bits per heavy atom. The maximum absolute atomic E-state index is 11.7. The molecule has 4 atom stereocenters. The van der Waals surface area contributed by atoms with E-state index in [9.17, 15) is 4.79 Å². The van der Waals surface area contributed by atoms with Gasteiger partial charge in [0.1, 0.15) is 5.78 Å². The molecule has 1 aliphatic heterocycles. The third-order valence-electron chi connectivity index (χ3n) is 5.05. The maximum Gasteiger partial charge on any atom is 0.171 e. The molecule has 4 unspecified atom stereocenters. The largest absolute Gasteiger partial charge is 0.347 e. The lowest BCUT2D eigenvalue weighted by Crippen LogP contribution is -2.53. The van der Waals surface area contributed by atoms with Crippen LogP contribution < -0.4 is 0 Å². The molecule has 3 saturated carbocycles. The molecule has 4 aliphatic rings. The second kappa shape index (κ2) is 2.64. The van der Waals surface area contributed by atoms with Crippen LogP contribution in [0.2, 0.25) is 0 Å². The van der Waals surface area contributed by atoms with Crippen molar-refractivity contribution in [3.05, 3.63) is 0 Å². The lowest BCUT2D eigenvalue weighted by Gasteiger charge is -2.48. The van der Waals surface area contributed by atoms with E-state index in [1.54, 1.807) is 0 Å². The van der Waals surface area contributed by atoms with E-state index in [1.807, 2.05) is 0 Å². The molecular weight excluding hydrogens is 192 g/mol. The molecule has 1 saturated heterocycles. The number of hydrogen-bond acceptors (Lipinski definition) is 3. The first-order chi connectivity index (χ1) is 7.32. The summed E-state index contributed by atoms with van der Waals surface area (Å²) in [5.41, 5.74) is 0. The first-order valence-corrected chi connectivity index (χ1v) is 6.12. The van der Waals surface area contributed by atoms with Gasteiger partial charge in [-0.15, -0.1) is 0 Å². The maximum atomic E-state index is 11.7. The number of hydrogen-bond donors (Lipinski definition) is 0. The normalized spacial score (nSPS) is 50.5. The Morgan fingerprint density at radius 3 is 2.67 bits per heavy atom. The van der Waals surface area contributed by atoms with Gasteiger partial charge in [-0.1, -0.05) is 0 Å². The van der Waals surface area contributed by atoms with Gasteiger partial charge in [-0.25, -0.2) is 0 Å². The summed E-state index contributed by atoms with van der Waals surface area (Å²) < 4.78 is 11.7. The van der Waals surface area contributed by atoms with Crippen LogP contribution in [-0.4, -0.2) is 24.8 Å². The van der Waals surface area contributed by atoms with Crippen LogP contribution in [0, 0.1) is 23.7 Å². The molecule has 4 fully saturated rings. The summed E-state index contributed by atoms with van der Waals surface area (Å²) in [6.07, 6.45) is 4.04. The van der Waals surface area contributed by atoms with Crippen molar-refractivity contribution in [2.75, 3.05) is 13.2 Å². The molecule has 15 heavy (non-hydrogen) atoms. The molecule has 82 valence electrons. The monoisotopic (exact) mass is 208 g/mol. The van der Waals surface area contributed by atoms with Crippen molar-refractivity contribution in [3.63, 3.8) is 0 Å². The molecule has 0 aromatic carbocycles. The van der Waals surface area contributed by atoms with Crippen molar-refractivity contribution in [2.24, 2.45) is 23.7 Å². The fourth-order valence-corrected chi connectivity index (χ4v) is 4.60. The Kier molecular flexibility index (Phi) is 1.53. The molecule has 1 heterocycles. The molecule has 1 spiro atoms. The number of fused-ring (bicyclic) bond motifs is 5. The second-order valence-corrected chi connectivity index (χ2v) is 5.43. The molecule has 0 bridgehead atoms. The van der Waals surface area contributed by atoms with Gasteiger partial charge in [-0.2, -0.15) is 0 Å². The highest BCUT2D eigenvalue weighted by molar-refractivity contribution is 5.85. The highest BCUT2D eigenvalue weighted by Crippen LogP contribution is 2.65. The van der Waals surface area contributed by atoms with E-state index in [-0.39, 0.29) is 5.79 Å². The fraction of sp³-hybridized carbons (Fsp3) is 0.917. The van der Waals surface area contributed by atoms with Gasteiger partial charge < -0.3 is 9.47 Å². The molecular formula is C12H16O3. The Balaban J connectivity index is 1.67. The van der Waals surface area contributed by atoms with Crippen molar-refractivity contribution in [2.45, 2.75) is 31.5 Å². The Labute approximate surface area is 89.1 Å². The predicted octanol–water partition coefficient (Wildman–Crippen LogP) is 1.36. The summed E-state index contributed by atoms with van der Waals surface area (Å²) in [7, 11) is 0. The quantitative estimate of drug-likeness (QED) is 0.603. The lowest BCUT2D eigenvalue weighted by molar-refractivity contribution is -0.226. The molecule has 4 rings (SSSR count). The first kappa shape index (κ1) is 8.71. The van der Waals surface area contributed by atoms with Gasteiger partial charge in [0, 0.05) is 24.7 Å². The summed E-state index contributed by atoms with van der Waals surface area (Å²) in [6, 6.07) is 0. The summed E-state index contributed by atoms with van der Waals surface area (Å²) in [5.74, 6) is 2.33. The van der Waals surface area contributed by atoms with Crippen molar-refractivity contribution in [1.29, 1.82) is 0 Å². The Hall–Kier alpha value is -0.410. The van der Waals surface area contributed by atoms with Crippen LogP contribution in [0.15, 0.2) is 0 Å². The topological polar surface area (TPSA) is 35.5 Å². The zero-order valence-corrected chi connectivity index (χ0v) is 8.78. The molecule has 3 aliphatic carbocycles. The number of ketones is 1. The van der Waals surface area contributed by atoms with Crippen molar-refractivity contribution < 1.29 is 14.3 Å². The molecule has 3 heteroatoms. The van der Waals surface area contributed by atoms with E-state index >= 15 is 0 Å². The zero-order chi connectivity index (χ0) is 10.0. The standard InChI is InChI=1S/C12H16O3/c13-9-2-1-7-10(9)8-3-4-12(11(7)8)14-5-6-15-12/h7-8,10-11H,1-6H2. The Morgan fingerprint density at radius 1 is 1.13 bits per heavy atom. The highest BCUT2D eigenvalue weighted by Gasteiger charge is 2.68. The van der Waals surface area contributed by atoms with Crippen LogP contribution in [0.3, 0.4) is 0 Å². The van der Waals surface area contributed by atoms with Crippen LogP contribution in [0.4, 0.5) is 0 Å². The highest BCUT2D eigenvalue weighted by atomic mass is 16.7. The van der Waals surface area contributed by atoms with E-state index in [2.05, 4.69) is 0 Å². The average molecular weight is 208 g/mol. The van der Waals surface area contributed by atoms with Crippen LogP contribution in [0.5, 0.6) is 0 Å². The third-order valence-corrected chi connectivity index (χ3v) is 5.05. The number of Topliss-reactive ketones (excluding diaryl/α,β-unsaturated/α-hetero) is 1. The van der Waals surface area contributed by atoms with E-state index in [0.29, 0.717) is 29.5 Å². The Bertz CT molecular complexity index is 313. The SMILES string of the molecule is O=C1CCC2C1C1CCC3(OCCO3)C21. The molecule has 0 radical (unpaired) electrons. The van der Waals surface area contributed by atoms with Gasteiger partial charge in [0.2, 0.25) is 0 Å². The minimum absolute atomic E-state index is 0.267. The van der Waals surface area contributed by atoms with Crippen LogP contribution >= 0.6 is 0 Å². The molecule has 0 aromatic heterocycles. The van der Waals surface area contributed by atoms with Crippen molar-refractivity contribution in [1.82, 2.24) is 0 Å². The second-order valence-electron chi connectivity index (χ2n) is 5.43. The third kappa shape index (κ3) is 0.878. The lowest BCUT2D eigenvalue weighted by atomic mass is 9.58. The number of ether oxygens (including phenoxy) is 2. The smallest absolute Gasteiger partial charge is 0.171 e. The van der Waals surface area contributed by atoms with Crippen LogP contribution in [0.1, 0.15) is 25.7 Å². The van der Waals surface area contributed by atoms with Gasteiger partial charge in [-0.05, 0) is 24.7 Å². The average Bonchev–Trinajstić information content (AvgIpc) is 2.81. The fourth-order valence-electron chi connectivity index (χ4n) is 4.60. The van der Waals surface area contributed by atoms with Gasteiger partial charge in [0.15, 0.2) is 5.79 Å². The van der Waals surface area contributed by atoms with Crippen molar-refractivity contribution >= 4 is 5.78 Å². The van der Waals surface area contributed by atoms with Gasteiger partial charge in [0.05, 0.1) is 13.2 Å². The number of rotatable bonds is 0. The minimum Gasteiger partial charge on any atom is -0.347 e. The molecule has 0 amide bonds. The zero-order valence-electron chi connectivity index (χ0n) is 8.78. The van der Waals surface area contributed by atoms with Crippen LogP contribution in [-0.2, 0) is 14.3 Å². The predicted molar refractivity (Wildman–Crippen MR) is 52.1 cm³/mol. The van der Waals surface area contributed by atoms with E-state index in [4.69, 9.17) is 9.47 Å². The van der Waals surface area contributed by atoms with Gasteiger partial charge in [0.25, 0.3) is 0 Å². The summed E-state index contributed by atoms with van der Waals surface area (Å²) in [6.45, 7) is 1.49. The van der Waals surface area contributed by atoms with Gasteiger partial charge >= 0.3 is 0 Å². The molecule has 0 aromatic rings. The number of carbonyl (C=O) groups is 1. The summed E-state index contributed by atoms with van der Waals surface area (Å²) in [5, 5.41) is 0. The minimum atomic E-state index is -0.267. The van der Waals surface area contributed by atoms with E-state index < -0.39 is 0 Å². The van der Waals surface area contributed by atoms with E-state index in [0.717, 1.165) is 38.9 Å². The molecule has 0 N–H and O–H groups in total. The van der Waals surface area contributed by atoms with Gasteiger partial charge in [-0.3, -0.25) is 4.79 Å².